The molecule has 0 atom stereocenters. The number of hydrogen-bond acceptors (Lipinski definition) is 3. The van der Waals surface area contributed by atoms with Crippen LogP contribution in [0.25, 0.3) is 16.7 Å². The monoisotopic (exact) mass is 291 g/mol. The summed E-state index contributed by atoms with van der Waals surface area (Å²) >= 11 is 0. The molecular formula is C18H19N4. The van der Waals surface area contributed by atoms with Gasteiger partial charge in [-0.15, -0.1) is 0 Å². The molecule has 0 bridgehead atoms. The summed E-state index contributed by atoms with van der Waals surface area (Å²) in [4.78, 5) is 8.98. The van der Waals surface area contributed by atoms with Crippen molar-refractivity contribution in [2.75, 3.05) is 37.0 Å². The van der Waals surface area contributed by atoms with Crippen molar-refractivity contribution >= 4 is 22.4 Å². The van der Waals surface area contributed by atoms with Gasteiger partial charge in [0.25, 0.3) is 0 Å². The first kappa shape index (κ1) is 13.2. The Balaban J connectivity index is 1.76. The third-order valence-corrected chi connectivity index (χ3v) is 4.24. The third-order valence-electron chi connectivity index (χ3n) is 4.24. The summed E-state index contributed by atoms with van der Waals surface area (Å²) in [6, 6.07) is 15.0. The zero-order valence-electron chi connectivity index (χ0n) is 12.9. The van der Waals surface area contributed by atoms with Crippen LogP contribution in [0, 0.1) is 6.42 Å². The Labute approximate surface area is 130 Å². The first-order valence-electron chi connectivity index (χ1n) is 7.54. The van der Waals surface area contributed by atoms with Gasteiger partial charge in [-0.3, -0.25) is 4.57 Å². The number of hydrogen-bond donors (Lipinski definition) is 0. The van der Waals surface area contributed by atoms with Crippen LogP contribution in [0.2, 0.25) is 0 Å². The maximum absolute atomic E-state index is 4.52. The highest BCUT2D eigenvalue weighted by molar-refractivity contribution is 5.82. The van der Waals surface area contributed by atoms with Crippen LogP contribution in [-0.4, -0.2) is 36.7 Å². The first-order valence-corrected chi connectivity index (χ1v) is 7.54. The number of anilines is 2. The minimum Gasteiger partial charge on any atom is -0.378 e. The van der Waals surface area contributed by atoms with Crippen LogP contribution in [0.4, 0.5) is 11.4 Å². The highest BCUT2D eigenvalue weighted by atomic mass is 15.2. The van der Waals surface area contributed by atoms with E-state index in [-0.39, 0.29) is 0 Å². The second-order valence-corrected chi connectivity index (χ2v) is 5.89. The smallest absolute Gasteiger partial charge is 0.100 e. The number of aromatic nitrogens is 2. The average Bonchev–Trinajstić information content (AvgIpc) is 2.89. The van der Waals surface area contributed by atoms with Gasteiger partial charge in [0, 0.05) is 50.7 Å². The fraction of sp³-hybridized carbons (Fsp3) is 0.222. The fourth-order valence-electron chi connectivity index (χ4n) is 2.78. The highest BCUT2D eigenvalue weighted by Gasteiger charge is 2.16. The maximum atomic E-state index is 4.52. The molecule has 1 aromatic heterocycles. The molecule has 0 unspecified atom stereocenters. The minimum absolute atomic E-state index is 1.03. The summed E-state index contributed by atoms with van der Waals surface area (Å²) in [6.45, 7) is 2.08. The van der Waals surface area contributed by atoms with Crippen molar-refractivity contribution in [3.05, 3.63) is 55.2 Å². The quantitative estimate of drug-likeness (QED) is 0.741. The van der Waals surface area contributed by atoms with Gasteiger partial charge in [0.15, 0.2) is 0 Å². The van der Waals surface area contributed by atoms with Crippen LogP contribution in [0.15, 0.2) is 48.8 Å². The molecule has 1 fully saturated rings. The largest absolute Gasteiger partial charge is 0.378 e. The minimum atomic E-state index is 1.03. The molecule has 0 N–H and O–H groups in total. The molecule has 0 aliphatic carbocycles. The van der Waals surface area contributed by atoms with Crippen molar-refractivity contribution < 1.29 is 0 Å². The van der Waals surface area contributed by atoms with Gasteiger partial charge in [0.1, 0.15) is 6.33 Å². The normalized spacial score (nSPS) is 14.2. The van der Waals surface area contributed by atoms with Crippen LogP contribution >= 0.6 is 0 Å². The molecular weight excluding hydrogens is 272 g/mol. The molecule has 0 spiro atoms. The molecule has 1 saturated heterocycles. The van der Waals surface area contributed by atoms with Crippen LogP contribution in [-0.2, 0) is 0 Å². The van der Waals surface area contributed by atoms with E-state index in [2.05, 4.69) is 82.3 Å². The number of benzene rings is 2. The lowest BCUT2D eigenvalue weighted by Gasteiger charge is -2.32. The van der Waals surface area contributed by atoms with E-state index in [0.717, 1.165) is 29.8 Å². The van der Waals surface area contributed by atoms with E-state index in [4.69, 9.17) is 0 Å². The first-order chi connectivity index (χ1) is 10.7. The maximum Gasteiger partial charge on any atom is 0.100 e. The Hall–Kier alpha value is -2.49. The van der Waals surface area contributed by atoms with Crippen LogP contribution in [0.5, 0.6) is 0 Å². The van der Waals surface area contributed by atoms with E-state index in [0.29, 0.717) is 0 Å². The SMILES string of the molecule is CN(C)c1ccc(-n2cnc3ccc(N4C[CH]C4)cc32)cc1. The molecule has 0 amide bonds. The second kappa shape index (κ2) is 5.05. The van der Waals surface area contributed by atoms with Crippen molar-refractivity contribution in [3.63, 3.8) is 0 Å². The molecule has 0 saturated carbocycles. The predicted octanol–water partition coefficient (Wildman–Crippen LogP) is 3.12. The van der Waals surface area contributed by atoms with Crippen molar-refractivity contribution in [1.82, 2.24) is 9.55 Å². The van der Waals surface area contributed by atoms with Gasteiger partial charge < -0.3 is 9.80 Å². The van der Waals surface area contributed by atoms with Crippen molar-refractivity contribution in [3.8, 4) is 5.69 Å². The van der Waals surface area contributed by atoms with Crippen molar-refractivity contribution in [2.45, 2.75) is 0 Å². The van der Waals surface area contributed by atoms with E-state index in [1.807, 2.05) is 6.33 Å². The summed E-state index contributed by atoms with van der Waals surface area (Å²) in [6.07, 6.45) is 4.18. The molecule has 22 heavy (non-hydrogen) atoms. The van der Waals surface area contributed by atoms with Gasteiger partial charge in [0.05, 0.1) is 11.0 Å². The number of rotatable bonds is 3. The molecule has 4 heteroatoms. The van der Waals surface area contributed by atoms with Gasteiger partial charge >= 0.3 is 0 Å². The van der Waals surface area contributed by atoms with E-state index in [9.17, 15) is 0 Å². The molecule has 1 radical (unpaired) electrons. The van der Waals surface area contributed by atoms with Gasteiger partial charge in [0.2, 0.25) is 0 Å². The highest BCUT2D eigenvalue weighted by Crippen LogP contribution is 2.27. The lowest BCUT2D eigenvalue weighted by atomic mass is 10.1. The summed E-state index contributed by atoms with van der Waals surface area (Å²) in [5.74, 6) is 0. The fourth-order valence-corrected chi connectivity index (χ4v) is 2.78. The van der Waals surface area contributed by atoms with Gasteiger partial charge in [-0.25, -0.2) is 4.98 Å². The van der Waals surface area contributed by atoms with Gasteiger partial charge in [-0.05, 0) is 42.5 Å². The van der Waals surface area contributed by atoms with E-state index in [1.54, 1.807) is 0 Å². The molecule has 2 heterocycles. The summed E-state index contributed by atoms with van der Waals surface area (Å²) in [7, 11) is 4.11. The zero-order chi connectivity index (χ0) is 15.1. The molecule has 4 nitrogen and oxygen atoms in total. The van der Waals surface area contributed by atoms with Crippen LogP contribution in [0.1, 0.15) is 0 Å². The van der Waals surface area contributed by atoms with Crippen molar-refractivity contribution in [2.24, 2.45) is 0 Å². The Bertz CT molecular complexity index is 798. The molecule has 4 rings (SSSR count). The lowest BCUT2D eigenvalue weighted by Crippen LogP contribution is -2.37. The van der Waals surface area contributed by atoms with Crippen molar-refractivity contribution in [1.29, 1.82) is 0 Å². The molecule has 111 valence electrons. The standard InChI is InChI=1S/C18H19N4/c1-20(2)14-4-6-15(7-5-14)22-13-19-17-9-8-16(12-18(17)22)21-10-3-11-21/h3-9,12-13H,10-11H2,1-2H3. The van der Waals surface area contributed by atoms with Crippen LogP contribution < -0.4 is 9.80 Å². The summed E-state index contributed by atoms with van der Waals surface area (Å²) in [5, 5.41) is 0. The topological polar surface area (TPSA) is 24.3 Å². The predicted molar refractivity (Wildman–Crippen MR) is 91.9 cm³/mol. The third kappa shape index (κ3) is 2.11. The Kier molecular flexibility index (Phi) is 3.03. The van der Waals surface area contributed by atoms with Gasteiger partial charge in [-0.1, -0.05) is 0 Å². The zero-order valence-corrected chi connectivity index (χ0v) is 12.9. The molecule has 2 aromatic carbocycles. The number of nitrogens with zero attached hydrogens (tertiary/aromatic N) is 4. The van der Waals surface area contributed by atoms with E-state index >= 15 is 0 Å². The molecule has 3 aromatic rings. The molecule has 1 aliphatic heterocycles. The van der Waals surface area contributed by atoms with E-state index in [1.165, 1.54) is 11.4 Å². The Morgan fingerprint density at radius 1 is 0.955 bits per heavy atom. The summed E-state index contributed by atoms with van der Waals surface area (Å²) in [5.41, 5.74) is 5.79. The summed E-state index contributed by atoms with van der Waals surface area (Å²) < 4.78 is 2.15. The van der Waals surface area contributed by atoms with Crippen LogP contribution in [0.3, 0.4) is 0 Å². The Morgan fingerprint density at radius 2 is 1.68 bits per heavy atom. The lowest BCUT2D eigenvalue weighted by molar-refractivity contribution is 0.764. The Morgan fingerprint density at radius 3 is 2.32 bits per heavy atom. The van der Waals surface area contributed by atoms with E-state index < -0.39 is 0 Å². The average molecular weight is 291 g/mol. The second-order valence-electron chi connectivity index (χ2n) is 5.89. The molecule has 1 aliphatic rings. The number of imidazole rings is 1. The van der Waals surface area contributed by atoms with Gasteiger partial charge in [-0.2, -0.15) is 0 Å². The number of fused-ring (bicyclic) bond motifs is 1.